The molecule has 5 heteroatoms. The van der Waals surface area contributed by atoms with Crippen LogP contribution < -0.4 is 5.73 Å². The molecule has 1 unspecified atom stereocenters. The Hall–Kier alpha value is -1.20. The smallest absolute Gasteiger partial charge is 0.129 e. The zero-order valence-corrected chi connectivity index (χ0v) is 11.8. The molecule has 0 bridgehead atoms. The van der Waals surface area contributed by atoms with Crippen LogP contribution in [0.3, 0.4) is 0 Å². The van der Waals surface area contributed by atoms with Gasteiger partial charge in [0.15, 0.2) is 0 Å². The first-order chi connectivity index (χ1) is 8.59. The Bertz CT molecular complexity index is 583. The van der Waals surface area contributed by atoms with Crippen molar-refractivity contribution in [2.45, 2.75) is 10.6 Å². The van der Waals surface area contributed by atoms with Crippen LogP contribution in [0.2, 0.25) is 0 Å². The fourth-order valence-corrected chi connectivity index (χ4v) is 3.63. The molecule has 2 rings (SSSR count). The number of benzene rings is 2. The molecular weight excluding hydrogens is 317 g/mol. The van der Waals surface area contributed by atoms with Crippen LogP contribution in [0.1, 0.15) is 5.56 Å². The van der Waals surface area contributed by atoms with Crippen molar-refractivity contribution < 1.29 is 8.60 Å². The van der Waals surface area contributed by atoms with Crippen molar-refractivity contribution in [1.29, 1.82) is 0 Å². The molecule has 0 fully saturated rings. The van der Waals surface area contributed by atoms with Gasteiger partial charge in [0.2, 0.25) is 0 Å². The first kappa shape index (κ1) is 13.2. The number of halogens is 2. The van der Waals surface area contributed by atoms with E-state index >= 15 is 0 Å². The van der Waals surface area contributed by atoms with E-state index in [2.05, 4.69) is 15.9 Å². The molecule has 0 saturated heterocycles. The van der Waals surface area contributed by atoms with Gasteiger partial charge in [0, 0.05) is 15.7 Å². The second-order valence-electron chi connectivity index (χ2n) is 3.73. The number of anilines is 1. The third kappa shape index (κ3) is 2.79. The van der Waals surface area contributed by atoms with Crippen molar-refractivity contribution in [2.75, 3.05) is 5.73 Å². The Morgan fingerprint density at radius 2 is 1.89 bits per heavy atom. The van der Waals surface area contributed by atoms with E-state index in [1.807, 2.05) is 6.07 Å². The maximum atomic E-state index is 13.6. The van der Waals surface area contributed by atoms with Gasteiger partial charge in [-0.2, -0.15) is 0 Å². The SMILES string of the molecule is Nc1cccc(F)c1CS(=O)c1ccccc1Br. The Morgan fingerprint density at radius 3 is 2.56 bits per heavy atom. The van der Waals surface area contributed by atoms with Crippen LogP contribution in [0.15, 0.2) is 51.8 Å². The van der Waals surface area contributed by atoms with Crippen LogP contribution in [0, 0.1) is 5.82 Å². The lowest BCUT2D eigenvalue weighted by molar-refractivity contribution is 0.616. The molecule has 0 saturated carbocycles. The van der Waals surface area contributed by atoms with Gasteiger partial charge in [-0.3, -0.25) is 4.21 Å². The molecule has 0 aliphatic heterocycles. The van der Waals surface area contributed by atoms with E-state index in [-0.39, 0.29) is 5.75 Å². The van der Waals surface area contributed by atoms with E-state index in [1.54, 1.807) is 24.3 Å². The summed E-state index contributed by atoms with van der Waals surface area (Å²) in [6.07, 6.45) is 0. The summed E-state index contributed by atoms with van der Waals surface area (Å²) in [5.41, 5.74) is 6.33. The molecular formula is C13H11BrFNOS. The van der Waals surface area contributed by atoms with Crippen LogP contribution in [-0.4, -0.2) is 4.21 Å². The van der Waals surface area contributed by atoms with E-state index in [0.717, 1.165) is 4.47 Å². The second-order valence-corrected chi connectivity index (χ2v) is 6.00. The average molecular weight is 328 g/mol. The molecule has 2 aromatic carbocycles. The second kappa shape index (κ2) is 5.63. The van der Waals surface area contributed by atoms with E-state index in [4.69, 9.17) is 5.73 Å². The molecule has 2 N–H and O–H groups in total. The van der Waals surface area contributed by atoms with Crippen LogP contribution in [0.25, 0.3) is 0 Å². The highest BCUT2D eigenvalue weighted by atomic mass is 79.9. The minimum absolute atomic E-state index is 0.0706. The molecule has 18 heavy (non-hydrogen) atoms. The van der Waals surface area contributed by atoms with Gasteiger partial charge in [-0.05, 0) is 40.2 Å². The highest BCUT2D eigenvalue weighted by Crippen LogP contribution is 2.24. The Labute approximate surface area is 116 Å². The Balaban J connectivity index is 2.30. The summed E-state index contributed by atoms with van der Waals surface area (Å²) in [6, 6.07) is 11.6. The molecule has 0 aliphatic carbocycles. The van der Waals surface area contributed by atoms with Crippen LogP contribution >= 0.6 is 15.9 Å². The van der Waals surface area contributed by atoms with Crippen molar-refractivity contribution in [3.63, 3.8) is 0 Å². The molecule has 0 radical (unpaired) electrons. The van der Waals surface area contributed by atoms with Crippen molar-refractivity contribution in [2.24, 2.45) is 0 Å². The van der Waals surface area contributed by atoms with E-state index in [9.17, 15) is 8.60 Å². The number of nitrogen functional groups attached to an aromatic ring is 1. The number of rotatable bonds is 3. The number of nitrogens with two attached hydrogens (primary N) is 1. The van der Waals surface area contributed by atoms with Gasteiger partial charge in [0.1, 0.15) is 5.82 Å². The molecule has 0 spiro atoms. The molecule has 0 amide bonds. The summed E-state index contributed by atoms with van der Waals surface area (Å²) in [5.74, 6) is -0.350. The fraction of sp³-hybridized carbons (Fsp3) is 0.0769. The van der Waals surface area contributed by atoms with Crippen molar-refractivity contribution in [3.8, 4) is 0 Å². The first-order valence-electron chi connectivity index (χ1n) is 5.25. The minimum Gasteiger partial charge on any atom is -0.398 e. The molecule has 2 nitrogen and oxygen atoms in total. The molecule has 0 aliphatic rings. The van der Waals surface area contributed by atoms with Gasteiger partial charge in [0.25, 0.3) is 0 Å². The highest BCUT2D eigenvalue weighted by molar-refractivity contribution is 9.10. The summed E-state index contributed by atoms with van der Waals surface area (Å²) < 4.78 is 26.5. The third-order valence-corrected chi connectivity index (χ3v) is 4.86. The Kier molecular flexibility index (Phi) is 4.14. The summed E-state index contributed by atoms with van der Waals surface area (Å²) in [6.45, 7) is 0. The normalized spacial score (nSPS) is 12.3. The van der Waals surface area contributed by atoms with Gasteiger partial charge in [0.05, 0.1) is 21.4 Å². The lowest BCUT2D eigenvalue weighted by atomic mass is 10.2. The molecule has 2 aromatic rings. The average Bonchev–Trinajstić information content (AvgIpc) is 2.34. The largest absolute Gasteiger partial charge is 0.398 e. The first-order valence-corrected chi connectivity index (χ1v) is 7.36. The molecule has 0 aromatic heterocycles. The molecule has 1 atom stereocenters. The lowest BCUT2D eigenvalue weighted by Gasteiger charge is -2.08. The fourth-order valence-electron chi connectivity index (χ4n) is 1.57. The van der Waals surface area contributed by atoms with Crippen LogP contribution in [0.4, 0.5) is 10.1 Å². The van der Waals surface area contributed by atoms with E-state index < -0.39 is 16.6 Å². The predicted molar refractivity (Wildman–Crippen MR) is 75.1 cm³/mol. The highest BCUT2D eigenvalue weighted by Gasteiger charge is 2.13. The predicted octanol–water partition coefficient (Wildman–Crippen LogP) is 3.48. The zero-order chi connectivity index (χ0) is 13.1. The Morgan fingerprint density at radius 1 is 1.17 bits per heavy atom. The number of hydrogen-bond acceptors (Lipinski definition) is 2. The van der Waals surface area contributed by atoms with Crippen molar-refractivity contribution in [1.82, 2.24) is 0 Å². The standard InChI is InChI=1S/C13H11BrFNOS/c14-10-4-1-2-7-13(10)18(17)8-9-11(15)5-3-6-12(9)16/h1-7H,8,16H2. The molecule has 0 heterocycles. The summed E-state index contributed by atoms with van der Waals surface area (Å²) in [4.78, 5) is 0.639. The maximum Gasteiger partial charge on any atom is 0.129 e. The van der Waals surface area contributed by atoms with Gasteiger partial charge >= 0.3 is 0 Å². The van der Waals surface area contributed by atoms with Crippen LogP contribution in [0.5, 0.6) is 0 Å². The lowest BCUT2D eigenvalue weighted by Crippen LogP contribution is -2.03. The van der Waals surface area contributed by atoms with Gasteiger partial charge in [-0.25, -0.2) is 4.39 Å². The van der Waals surface area contributed by atoms with Gasteiger partial charge in [-0.1, -0.05) is 18.2 Å². The topological polar surface area (TPSA) is 43.1 Å². The summed E-state index contributed by atoms with van der Waals surface area (Å²) in [5, 5.41) is 0. The number of hydrogen-bond donors (Lipinski definition) is 1. The van der Waals surface area contributed by atoms with Crippen LogP contribution in [-0.2, 0) is 16.6 Å². The van der Waals surface area contributed by atoms with Gasteiger partial charge < -0.3 is 5.73 Å². The minimum atomic E-state index is -1.33. The van der Waals surface area contributed by atoms with Gasteiger partial charge in [-0.15, -0.1) is 0 Å². The van der Waals surface area contributed by atoms with Crippen molar-refractivity contribution >= 4 is 32.4 Å². The van der Waals surface area contributed by atoms with E-state index in [1.165, 1.54) is 12.1 Å². The quantitative estimate of drug-likeness (QED) is 0.877. The monoisotopic (exact) mass is 327 g/mol. The summed E-state index contributed by atoms with van der Waals surface area (Å²) in [7, 11) is -1.33. The molecule has 94 valence electrons. The van der Waals surface area contributed by atoms with E-state index in [0.29, 0.717) is 16.1 Å². The van der Waals surface area contributed by atoms with Crippen molar-refractivity contribution in [3.05, 3.63) is 58.3 Å². The zero-order valence-electron chi connectivity index (χ0n) is 9.40. The summed E-state index contributed by atoms with van der Waals surface area (Å²) >= 11 is 3.33. The maximum absolute atomic E-state index is 13.6. The third-order valence-electron chi connectivity index (χ3n) is 2.51.